The van der Waals surface area contributed by atoms with Gasteiger partial charge < -0.3 is 0 Å². The van der Waals surface area contributed by atoms with E-state index >= 15 is 0 Å². The van der Waals surface area contributed by atoms with Gasteiger partial charge in [0, 0.05) is 12.1 Å². The van der Waals surface area contributed by atoms with Crippen molar-refractivity contribution in [2.75, 3.05) is 0 Å². The van der Waals surface area contributed by atoms with E-state index in [4.69, 9.17) is 0 Å². The van der Waals surface area contributed by atoms with Crippen molar-refractivity contribution < 1.29 is 8.42 Å². The van der Waals surface area contributed by atoms with Gasteiger partial charge in [0.1, 0.15) is 0 Å². The topological polar surface area (TPSA) is 37.4 Å². The van der Waals surface area contributed by atoms with E-state index in [0.717, 1.165) is 36.8 Å². The average molecular weight is 295 g/mol. The van der Waals surface area contributed by atoms with Crippen molar-refractivity contribution in [3.05, 3.63) is 29.3 Å². The van der Waals surface area contributed by atoms with Crippen LogP contribution in [0.2, 0.25) is 0 Å². The Morgan fingerprint density at radius 2 is 1.75 bits per heavy atom. The summed E-state index contributed by atoms with van der Waals surface area (Å²) in [5.41, 5.74) is 1.94. The zero-order valence-corrected chi connectivity index (χ0v) is 13.7. The highest BCUT2D eigenvalue weighted by Crippen LogP contribution is 2.31. The van der Waals surface area contributed by atoms with Gasteiger partial charge in [-0.25, -0.2) is 8.42 Å². The molecule has 0 amide bonds. The van der Waals surface area contributed by atoms with E-state index in [1.807, 2.05) is 39.8 Å². The quantitative estimate of drug-likeness (QED) is 0.850. The summed E-state index contributed by atoms with van der Waals surface area (Å²) in [6.07, 6.45) is 4.25. The summed E-state index contributed by atoms with van der Waals surface area (Å²) in [4.78, 5) is 0.462. The Balaban J connectivity index is 2.44. The van der Waals surface area contributed by atoms with Crippen LogP contribution in [0, 0.1) is 13.8 Å². The largest absolute Gasteiger partial charge is 0.243 e. The number of nitrogens with zero attached hydrogens (tertiary/aromatic N) is 1. The van der Waals surface area contributed by atoms with Crippen molar-refractivity contribution in [1.29, 1.82) is 0 Å². The second kappa shape index (κ2) is 5.86. The molecule has 1 saturated carbocycles. The van der Waals surface area contributed by atoms with Crippen LogP contribution in [-0.2, 0) is 10.0 Å². The number of sulfonamides is 1. The lowest BCUT2D eigenvalue weighted by Gasteiger charge is -2.32. The Kier molecular flexibility index (Phi) is 4.55. The predicted octanol–water partition coefficient (Wildman–Crippen LogP) is 3.65. The van der Waals surface area contributed by atoms with Crippen LogP contribution in [0.15, 0.2) is 23.1 Å². The van der Waals surface area contributed by atoms with Crippen LogP contribution >= 0.6 is 0 Å². The molecule has 1 aliphatic carbocycles. The number of benzene rings is 1. The zero-order chi connectivity index (χ0) is 14.9. The fourth-order valence-corrected chi connectivity index (χ4v) is 5.35. The number of rotatable bonds is 4. The molecule has 0 aliphatic heterocycles. The van der Waals surface area contributed by atoms with E-state index in [0.29, 0.717) is 4.90 Å². The summed E-state index contributed by atoms with van der Waals surface area (Å²) < 4.78 is 27.8. The van der Waals surface area contributed by atoms with Crippen LogP contribution in [0.5, 0.6) is 0 Å². The molecule has 0 atom stereocenters. The molecule has 0 N–H and O–H groups in total. The summed E-state index contributed by atoms with van der Waals surface area (Å²) in [7, 11) is -3.40. The fraction of sp³-hybridized carbons (Fsp3) is 0.625. The van der Waals surface area contributed by atoms with Crippen LogP contribution < -0.4 is 0 Å². The Bertz CT molecular complexity index is 572. The molecule has 3 nitrogen and oxygen atoms in total. The molecule has 0 bridgehead atoms. The van der Waals surface area contributed by atoms with E-state index in [1.165, 1.54) is 0 Å². The first-order valence-electron chi connectivity index (χ1n) is 7.45. The molecule has 20 heavy (non-hydrogen) atoms. The van der Waals surface area contributed by atoms with Gasteiger partial charge in [-0.1, -0.05) is 30.5 Å². The molecule has 1 aromatic carbocycles. The van der Waals surface area contributed by atoms with E-state index in [9.17, 15) is 8.42 Å². The molecule has 1 fully saturated rings. The van der Waals surface area contributed by atoms with E-state index in [-0.39, 0.29) is 12.1 Å². The normalized spacial score (nSPS) is 17.3. The maximum atomic E-state index is 13.0. The van der Waals surface area contributed by atoms with Crippen molar-refractivity contribution in [3.63, 3.8) is 0 Å². The monoisotopic (exact) mass is 295 g/mol. The fourth-order valence-electron chi connectivity index (χ4n) is 3.26. The van der Waals surface area contributed by atoms with E-state index in [2.05, 4.69) is 0 Å². The minimum atomic E-state index is -3.40. The first-order valence-corrected chi connectivity index (χ1v) is 8.89. The highest BCUT2D eigenvalue weighted by molar-refractivity contribution is 7.89. The molecule has 0 heterocycles. The van der Waals surface area contributed by atoms with Gasteiger partial charge in [0.25, 0.3) is 0 Å². The third-order valence-electron chi connectivity index (χ3n) is 4.08. The van der Waals surface area contributed by atoms with Gasteiger partial charge in [0.2, 0.25) is 10.0 Å². The third-order valence-corrected chi connectivity index (χ3v) is 6.37. The van der Waals surface area contributed by atoms with Crippen LogP contribution in [0.25, 0.3) is 0 Å². The molecule has 0 spiro atoms. The van der Waals surface area contributed by atoms with Gasteiger partial charge >= 0.3 is 0 Å². The second-order valence-electron chi connectivity index (χ2n) is 6.14. The Hall–Kier alpha value is -0.870. The maximum absolute atomic E-state index is 13.0. The molecule has 1 aromatic rings. The summed E-state index contributed by atoms with van der Waals surface area (Å²) in [5.74, 6) is 0. The van der Waals surface area contributed by atoms with Gasteiger partial charge in [-0.05, 0) is 52.2 Å². The predicted molar refractivity (Wildman–Crippen MR) is 82.3 cm³/mol. The molecule has 0 saturated heterocycles. The lowest BCUT2D eigenvalue weighted by atomic mass is 10.2. The molecule has 112 valence electrons. The molecule has 0 aromatic heterocycles. The number of aryl methyl sites for hydroxylation is 2. The highest BCUT2D eigenvalue weighted by atomic mass is 32.2. The van der Waals surface area contributed by atoms with Crippen LogP contribution in [0.1, 0.15) is 50.7 Å². The molecule has 4 heteroatoms. The summed E-state index contributed by atoms with van der Waals surface area (Å²) in [5, 5.41) is 0. The summed E-state index contributed by atoms with van der Waals surface area (Å²) >= 11 is 0. The minimum Gasteiger partial charge on any atom is -0.207 e. The van der Waals surface area contributed by atoms with Gasteiger partial charge in [0.15, 0.2) is 0 Å². The van der Waals surface area contributed by atoms with Crippen molar-refractivity contribution in [1.82, 2.24) is 4.31 Å². The standard InChI is InChI=1S/C16H25NO2S/c1-12(2)17(15-7-5-6-8-15)20(18,19)16-10-9-13(3)11-14(16)4/h9-12,15H,5-8H2,1-4H3. The summed E-state index contributed by atoms with van der Waals surface area (Å²) in [6, 6.07) is 5.75. The highest BCUT2D eigenvalue weighted by Gasteiger charge is 2.35. The number of hydrogen-bond acceptors (Lipinski definition) is 2. The van der Waals surface area contributed by atoms with Gasteiger partial charge in [-0.2, -0.15) is 4.31 Å². The number of hydrogen-bond donors (Lipinski definition) is 0. The SMILES string of the molecule is Cc1ccc(S(=O)(=O)N(C(C)C)C2CCCC2)c(C)c1. The van der Waals surface area contributed by atoms with Crippen LogP contribution in [0.3, 0.4) is 0 Å². The first-order chi connectivity index (χ1) is 9.34. The van der Waals surface area contributed by atoms with E-state index in [1.54, 1.807) is 10.4 Å². The Labute approximate surface area is 123 Å². The van der Waals surface area contributed by atoms with Crippen molar-refractivity contribution >= 4 is 10.0 Å². The lowest BCUT2D eigenvalue weighted by Crippen LogP contribution is -2.43. The first kappa shape index (κ1) is 15.5. The molecule has 1 aliphatic rings. The van der Waals surface area contributed by atoms with Crippen LogP contribution in [-0.4, -0.2) is 24.8 Å². The molecule has 0 radical (unpaired) electrons. The Morgan fingerprint density at radius 3 is 2.25 bits per heavy atom. The Morgan fingerprint density at radius 1 is 1.15 bits per heavy atom. The summed E-state index contributed by atoms with van der Waals surface area (Å²) in [6.45, 7) is 7.81. The van der Waals surface area contributed by atoms with E-state index < -0.39 is 10.0 Å². The van der Waals surface area contributed by atoms with Gasteiger partial charge in [-0.3, -0.25) is 0 Å². The maximum Gasteiger partial charge on any atom is 0.243 e. The smallest absolute Gasteiger partial charge is 0.207 e. The van der Waals surface area contributed by atoms with Crippen molar-refractivity contribution in [2.45, 2.75) is 70.4 Å². The second-order valence-corrected chi connectivity index (χ2v) is 7.95. The van der Waals surface area contributed by atoms with Gasteiger partial charge in [0.05, 0.1) is 4.90 Å². The van der Waals surface area contributed by atoms with Gasteiger partial charge in [-0.15, -0.1) is 0 Å². The van der Waals surface area contributed by atoms with Crippen LogP contribution in [0.4, 0.5) is 0 Å². The average Bonchev–Trinajstić information content (AvgIpc) is 2.80. The molecular weight excluding hydrogens is 270 g/mol. The molecular formula is C16H25NO2S. The molecule has 0 unspecified atom stereocenters. The molecule has 2 rings (SSSR count). The zero-order valence-electron chi connectivity index (χ0n) is 12.9. The third kappa shape index (κ3) is 2.91. The van der Waals surface area contributed by atoms with Crippen molar-refractivity contribution in [3.8, 4) is 0 Å². The minimum absolute atomic E-state index is 0.00352. The van der Waals surface area contributed by atoms with Crippen molar-refractivity contribution in [2.24, 2.45) is 0 Å². The lowest BCUT2D eigenvalue weighted by molar-refractivity contribution is 0.275.